The normalized spacial score (nSPS) is 9.31. The first-order chi connectivity index (χ1) is 13.2. The largest absolute Gasteiger partial charge is 0.330 e. The van der Waals surface area contributed by atoms with E-state index in [-0.39, 0.29) is 22.3 Å². The van der Waals surface area contributed by atoms with E-state index in [2.05, 4.69) is 20.8 Å². The van der Waals surface area contributed by atoms with Gasteiger partial charge in [0.1, 0.15) is 0 Å². The van der Waals surface area contributed by atoms with Gasteiger partial charge >= 0.3 is 0 Å². The van der Waals surface area contributed by atoms with E-state index in [0.29, 0.717) is 0 Å². The summed E-state index contributed by atoms with van der Waals surface area (Å²) in [7, 11) is 0. The van der Waals surface area contributed by atoms with Crippen molar-refractivity contribution in [3.63, 3.8) is 0 Å². The third-order valence-electron chi connectivity index (χ3n) is 4.67. The van der Waals surface area contributed by atoms with Crippen LogP contribution in [0.4, 0.5) is 0 Å². The molecule has 0 aromatic rings. The fourth-order valence-corrected chi connectivity index (χ4v) is 2.77. The van der Waals surface area contributed by atoms with Gasteiger partial charge in [0.25, 0.3) is 0 Å². The molecule has 0 bridgehead atoms. The number of unbranched alkanes of at least 4 members (excludes halogenated alkanes) is 15. The molecule has 0 saturated heterocycles. The van der Waals surface area contributed by atoms with Crippen molar-refractivity contribution in [2.24, 2.45) is 17.2 Å². The Morgan fingerprint density at radius 2 is 0.517 bits per heavy atom. The van der Waals surface area contributed by atoms with Crippen LogP contribution in [0.25, 0.3) is 0 Å². The van der Waals surface area contributed by atoms with E-state index in [9.17, 15) is 0 Å². The predicted octanol–water partition coefficient (Wildman–Crippen LogP) is 7.40. The van der Waals surface area contributed by atoms with E-state index in [0.717, 1.165) is 19.6 Å². The summed E-state index contributed by atoms with van der Waals surface area (Å²) < 4.78 is 0. The summed E-state index contributed by atoms with van der Waals surface area (Å²) in [5, 5.41) is 0. The second-order valence-corrected chi connectivity index (χ2v) is 7.67. The van der Waals surface area contributed by atoms with E-state index >= 15 is 0 Å². The molecule has 0 aromatic carbocycles. The van der Waals surface area contributed by atoms with Crippen LogP contribution < -0.4 is 17.2 Å². The van der Waals surface area contributed by atoms with E-state index < -0.39 is 0 Å². The minimum absolute atomic E-state index is 0. The Hall–Kier alpha value is 0.600. The molecule has 0 saturated carbocycles. The smallest absolute Gasteiger partial charge is 0.00773 e. The number of rotatable bonds is 18. The van der Waals surface area contributed by atoms with Crippen molar-refractivity contribution in [1.82, 2.24) is 0 Å². The number of hydrogen-bond donors (Lipinski definition) is 3. The van der Waals surface area contributed by atoms with Crippen molar-refractivity contribution in [1.29, 1.82) is 0 Å². The molecule has 0 aliphatic heterocycles. The van der Waals surface area contributed by atoms with Gasteiger partial charge in [-0.2, -0.15) is 9.90 Å². The summed E-state index contributed by atoms with van der Waals surface area (Å²) in [5.41, 5.74) is 16.0. The molecule has 6 N–H and O–H groups in total. The second kappa shape index (κ2) is 46.7. The summed E-state index contributed by atoms with van der Waals surface area (Å²) in [5.74, 6) is 0. The van der Waals surface area contributed by atoms with Gasteiger partial charge in [0.05, 0.1) is 0 Å². The Labute approximate surface area is 195 Å². The molecule has 0 fully saturated rings. The van der Waals surface area contributed by atoms with Crippen LogP contribution in [-0.2, 0) is 0 Å². The van der Waals surface area contributed by atoms with Gasteiger partial charge in [-0.3, -0.25) is 0 Å². The van der Waals surface area contributed by atoms with Crippen LogP contribution in [0, 0.1) is 0 Å². The number of halogens is 1. The topological polar surface area (TPSA) is 78.1 Å². The Kier molecular flexibility index (Phi) is 64.4. The molecular weight excluding hydrogens is 397 g/mol. The van der Waals surface area contributed by atoms with Gasteiger partial charge in [0, 0.05) is 0 Å². The molecule has 29 heavy (non-hydrogen) atoms. The van der Waals surface area contributed by atoms with Gasteiger partial charge < -0.3 is 17.2 Å². The SMILES string of the molecule is CCCCCCCCN.CCCCCCCCN.CCCCCCCCN.Cl.P. The lowest BCUT2D eigenvalue weighted by molar-refractivity contribution is 0.612. The van der Waals surface area contributed by atoms with Crippen molar-refractivity contribution in [2.45, 2.75) is 136 Å². The lowest BCUT2D eigenvalue weighted by Gasteiger charge is -1.96. The van der Waals surface area contributed by atoms with Crippen LogP contribution in [0.2, 0.25) is 0 Å². The van der Waals surface area contributed by atoms with Crippen LogP contribution >= 0.6 is 22.3 Å². The molecule has 184 valence electrons. The monoisotopic (exact) mass is 457 g/mol. The molecule has 3 nitrogen and oxygen atoms in total. The van der Waals surface area contributed by atoms with E-state index in [1.165, 1.54) is 116 Å². The first kappa shape index (κ1) is 40.0. The van der Waals surface area contributed by atoms with Gasteiger partial charge in [-0.1, -0.05) is 117 Å². The highest BCUT2D eigenvalue weighted by Crippen LogP contribution is 2.04. The van der Waals surface area contributed by atoms with Crippen LogP contribution in [0.5, 0.6) is 0 Å². The minimum atomic E-state index is 0. The Morgan fingerprint density at radius 1 is 0.345 bits per heavy atom. The molecule has 0 aliphatic rings. The van der Waals surface area contributed by atoms with Crippen LogP contribution in [0.3, 0.4) is 0 Å². The third kappa shape index (κ3) is 58.5. The molecule has 0 amide bonds. The lowest BCUT2D eigenvalue weighted by atomic mass is 10.1. The fraction of sp³-hybridized carbons (Fsp3) is 1.00. The van der Waals surface area contributed by atoms with Crippen molar-refractivity contribution >= 4 is 22.3 Å². The molecule has 0 radical (unpaired) electrons. The third-order valence-corrected chi connectivity index (χ3v) is 4.67. The highest BCUT2D eigenvalue weighted by Gasteiger charge is 1.87. The summed E-state index contributed by atoms with van der Waals surface area (Å²) in [6.45, 7) is 9.32. The molecule has 0 aliphatic carbocycles. The second-order valence-electron chi connectivity index (χ2n) is 7.67. The molecule has 0 heterocycles. The van der Waals surface area contributed by atoms with Crippen molar-refractivity contribution in [3.8, 4) is 0 Å². The summed E-state index contributed by atoms with van der Waals surface area (Å²) in [6.07, 6.45) is 24.2. The average molecular weight is 458 g/mol. The summed E-state index contributed by atoms with van der Waals surface area (Å²) in [6, 6.07) is 0. The Morgan fingerprint density at radius 3 is 0.690 bits per heavy atom. The van der Waals surface area contributed by atoms with Crippen molar-refractivity contribution in [2.75, 3.05) is 19.6 Å². The highest BCUT2D eigenvalue weighted by atomic mass is 35.5. The maximum Gasteiger partial charge on any atom is -0.00773 e. The molecule has 5 heteroatoms. The molecular formula is C24H61ClN3P. The molecule has 0 aromatic heterocycles. The van der Waals surface area contributed by atoms with Crippen molar-refractivity contribution in [3.05, 3.63) is 0 Å². The molecule has 0 rings (SSSR count). The standard InChI is InChI=1S/3C8H19N.ClH.H3P/c3*1-2-3-4-5-6-7-8-9;;/h3*2-9H2,1H3;1H;1H3. The van der Waals surface area contributed by atoms with E-state index in [4.69, 9.17) is 17.2 Å². The average Bonchev–Trinajstić information content (AvgIpc) is 2.69. The summed E-state index contributed by atoms with van der Waals surface area (Å²) >= 11 is 0. The minimum Gasteiger partial charge on any atom is -0.330 e. The maximum atomic E-state index is 5.34. The van der Waals surface area contributed by atoms with Gasteiger partial charge in [-0.05, 0) is 38.9 Å². The molecule has 1 unspecified atom stereocenters. The lowest BCUT2D eigenvalue weighted by Crippen LogP contribution is -1.97. The predicted molar refractivity (Wildman–Crippen MR) is 146 cm³/mol. The van der Waals surface area contributed by atoms with Crippen molar-refractivity contribution < 1.29 is 0 Å². The number of hydrogen-bond acceptors (Lipinski definition) is 3. The Balaban J connectivity index is -0.0000000960. The van der Waals surface area contributed by atoms with Gasteiger partial charge in [-0.15, -0.1) is 12.4 Å². The first-order valence-corrected chi connectivity index (χ1v) is 12.3. The van der Waals surface area contributed by atoms with Crippen LogP contribution in [-0.4, -0.2) is 19.6 Å². The molecule has 1 atom stereocenters. The van der Waals surface area contributed by atoms with E-state index in [1.54, 1.807) is 0 Å². The summed E-state index contributed by atoms with van der Waals surface area (Å²) in [4.78, 5) is 0. The fourth-order valence-electron chi connectivity index (χ4n) is 2.77. The van der Waals surface area contributed by atoms with Crippen LogP contribution in [0.1, 0.15) is 136 Å². The van der Waals surface area contributed by atoms with Crippen LogP contribution in [0.15, 0.2) is 0 Å². The zero-order valence-electron chi connectivity index (χ0n) is 20.7. The van der Waals surface area contributed by atoms with Gasteiger partial charge in [-0.25, -0.2) is 0 Å². The van der Waals surface area contributed by atoms with Gasteiger partial charge in [0.2, 0.25) is 0 Å². The highest BCUT2D eigenvalue weighted by molar-refractivity contribution is 6.92. The Bertz CT molecular complexity index is 159. The zero-order chi connectivity index (χ0) is 20.8. The first-order valence-electron chi connectivity index (χ1n) is 12.3. The van der Waals surface area contributed by atoms with Gasteiger partial charge in [0.15, 0.2) is 0 Å². The zero-order valence-corrected chi connectivity index (χ0v) is 22.9. The number of nitrogens with two attached hydrogens (primary N) is 3. The maximum absolute atomic E-state index is 5.34. The molecule has 0 spiro atoms. The quantitative estimate of drug-likeness (QED) is 0.148. The van der Waals surface area contributed by atoms with E-state index in [1.807, 2.05) is 0 Å².